The van der Waals surface area contributed by atoms with Crippen LogP contribution in [0, 0.1) is 13.8 Å². The zero-order chi connectivity index (χ0) is 19.0. The van der Waals surface area contributed by atoms with Gasteiger partial charge < -0.3 is 9.84 Å². The maximum Gasteiger partial charge on any atom is 0.255 e. The van der Waals surface area contributed by atoms with Crippen molar-refractivity contribution in [3.8, 4) is 11.3 Å². The number of hydrogen-bond donors (Lipinski definition) is 1. The highest BCUT2D eigenvalue weighted by Crippen LogP contribution is 2.30. The van der Waals surface area contributed by atoms with Gasteiger partial charge in [-0.3, -0.25) is 4.79 Å². The number of carbonyl (C=O) groups excluding carboxylic acids is 1. The van der Waals surface area contributed by atoms with Crippen LogP contribution in [0.15, 0.2) is 65.2 Å². The Morgan fingerprint density at radius 1 is 1.00 bits per heavy atom. The zero-order valence-corrected chi connectivity index (χ0v) is 15.7. The highest BCUT2D eigenvalue weighted by atomic mass is 35.5. The summed E-state index contributed by atoms with van der Waals surface area (Å²) in [6, 6.07) is 18.6. The average molecular weight is 377 g/mol. The summed E-state index contributed by atoms with van der Waals surface area (Å²) in [6.07, 6.45) is 0. The first-order valence-electron chi connectivity index (χ1n) is 8.55. The molecule has 5 heteroatoms. The van der Waals surface area contributed by atoms with Crippen LogP contribution in [-0.2, 0) is 0 Å². The largest absolute Gasteiger partial charge is 0.355 e. The van der Waals surface area contributed by atoms with E-state index in [-0.39, 0.29) is 5.91 Å². The van der Waals surface area contributed by atoms with E-state index in [0.29, 0.717) is 21.9 Å². The van der Waals surface area contributed by atoms with Crippen molar-refractivity contribution in [1.82, 2.24) is 5.16 Å². The maximum absolute atomic E-state index is 12.8. The van der Waals surface area contributed by atoms with Gasteiger partial charge in [0.2, 0.25) is 0 Å². The number of nitrogens with one attached hydrogen (secondary N) is 1. The van der Waals surface area contributed by atoms with Crippen molar-refractivity contribution in [2.45, 2.75) is 13.8 Å². The number of amides is 1. The standard InChI is InChI=1S/C22H17ClN2O2/c1-13-3-4-14(2)20(11-13)24-22(26)16-7-10-19-18(12-16)21(27-25-19)15-5-8-17(23)9-6-15/h3-12H,1-2H3,(H,24,26). The predicted octanol–water partition coefficient (Wildman–Crippen LogP) is 6.02. The highest BCUT2D eigenvalue weighted by molar-refractivity contribution is 6.30. The molecule has 0 bridgehead atoms. The van der Waals surface area contributed by atoms with Crippen LogP contribution in [0.4, 0.5) is 5.69 Å². The average Bonchev–Trinajstić information content (AvgIpc) is 3.08. The molecule has 1 amide bonds. The first kappa shape index (κ1) is 17.3. The molecule has 134 valence electrons. The van der Waals surface area contributed by atoms with Crippen molar-refractivity contribution in [2.75, 3.05) is 5.32 Å². The van der Waals surface area contributed by atoms with E-state index < -0.39 is 0 Å². The molecule has 27 heavy (non-hydrogen) atoms. The molecule has 0 aliphatic heterocycles. The van der Waals surface area contributed by atoms with Crippen LogP contribution >= 0.6 is 11.6 Å². The van der Waals surface area contributed by atoms with Crippen LogP contribution < -0.4 is 5.32 Å². The van der Waals surface area contributed by atoms with E-state index in [0.717, 1.165) is 27.8 Å². The van der Waals surface area contributed by atoms with E-state index in [2.05, 4.69) is 10.5 Å². The number of nitrogens with zero attached hydrogens (tertiary/aromatic N) is 1. The second-order valence-corrected chi connectivity index (χ2v) is 6.96. The summed E-state index contributed by atoms with van der Waals surface area (Å²) < 4.78 is 5.50. The van der Waals surface area contributed by atoms with E-state index in [1.54, 1.807) is 30.3 Å². The smallest absolute Gasteiger partial charge is 0.255 e. The first-order valence-corrected chi connectivity index (χ1v) is 8.93. The lowest BCUT2D eigenvalue weighted by molar-refractivity contribution is 0.102. The Hall–Kier alpha value is -3.11. The molecule has 4 rings (SSSR count). The normalized spacial score (nSPS) is 10.9. The molecular formula is C22H17ClN2O2. The lowest BCUT2D eigenvalue weighted by Gasteiger charge is -2.09. The fourth-order valence-corrected chi connectivity index (χ4v) is 3.08. The van der Waals surface area contributed by atoms with Crippen molar-refractivity contribution < 1.29 is 9.32 Å². The first-order chi connectivity index (χ1) is 13.0. The van der Waals surface area contributed by atoms with Crippen molar-refractivity contribution in [2.24, 2.45) is 0 Å². The summed E-state index contributed by atoms with van der Waals surface area (Å²) in [5.74, 6) is 0.442. The molecule has 0 atom stereocenters. The summed E-state index contributed by atoms with van der Waals surface area (Å²) in [6.45, 7) is 3.97. The van der Waals surface area contributed by atoms with Crippen molar-refractivity contribution in [3.63, 3.8) is 0 Å². The number of aryl methyl sites for hydroxylation is 2. The van der Waals surface area contributed by atoms with E-state index in [1.807, 2.05) is 44.2 Å². The Morgan fingerprint density at radius 3 is 2.56 bits per heavy atom. The number of carbonyl (C=O) groups is 1. The van der Waals surface area contributed by atoms with E-state index in [1.165, 1.54) is 0 Å². The van der Waals surface area contributed by atoms with Crippen LogP contribution in [0.25, 0.3) is 22.2 Å². The van der Waals surface area contributed by atoms with Crippen LogP contribution in [0.2, 0.25) is 5.02 Å². The van der Waals surface area contributed by atoms with Crippen LogP contribution in [0.1, 0.15) is 21.5 Å². The molecule has 1 N–H and O–H groups in total. The molecule has 0 saturated carbocycles. The van der Waals surface area contributed by atoms with Gasteiger partial charge in [-0.15, -0.1) is 0 Å². The van der Waals surface area contributed by atoms with Crippen molar-refractivity contribution in [3.05, 3.63) is 82.4 Å². The van der Waals surface area contributed by atoms with Gasteiger partial charge in [-0.25, -0.2) is 0 Å². The molecule has 0 aliphatic carbocycles. The number of fused-ring (bicyclic) bond motifs is 1. The Balaban J connectivity index is 1.70. The number of halogens is 1. The molecule has 4 aromatic rings. The van der Waals surface area contributed by atoms with Gasteiger partial charge in [0.05, 0.1) is 5.39 Å². The predicted molar refractivity (Wildman–Crippen MR) is 108 cm³/mol. The van der Waals surface area contributed by atoms with Gasteiger partial charge >= 0.3 is 0 Å². The Labute approximate surface area is 161 Å². The summed E-state index contributed by atoms with van der Waals surface area (Å²) >= 11 is 5.96. The van der Waals surface area contributed by atoms with E-state index >= 15 is 0 Å². The van der Waals surface area contributed by atoms with Gasteiger partial charge in [-0.1, -0.05) is 28.9 Å². The molecular weight excluding hydrogens is 360 g/mol. The lowest BCUT2D eigenvalue weighted by atomic mass is 10.1. The molecule has 0 saturated heterocycles. The Morgan fingerprint density at radius 2 is 1.78 bits per heavy atom. The molecule has 0 aliphatic rings. The Kier molecular flexibility index (Phi) is 4.42. The maximum atomic E-state index is 12.8. The number of aromatic nitrogens is 1. The SMILES string of the molecule is Cc1ccc(C)c(NC(=O)c2ccc3noc(-c4ccc(Cl)cc4)c3c2)c1. The van der Waals surface area contributed by atoms with Gasteiger partial charge in [0.1, 0.15) is 5.52 Å². The summed E-state index contributed by atoms with van der Waals surface area (Å²) in [4.78, 5) is 12.8. The summed E-state index contributed by atoms with van der Waals surface area (Å²) in [5.41, 5.74) is 5.01. The molecule has 3 aromatic carbocycles. The third kappa shape index (κ3) is 3.44. The topological polar surface area (TPSA) is 55.1 Å². The molecule has 1 aromatic heterocycles. The van der Waals surface area contributed by atoms with Gasteiger partial charge in [0, 0.05) is 21.8 Å². The second kappa shape index (κ2) is 6.89. The summed E-state index contributed by atoms with van der Waals surface area (Å²) in [7, 11) is 0. The quantitative estimate of drug-likeness (QED) is 0.475. The minimum Gasteiger partial charge on any atom is -0.355 e. The van der Waals surface area contributed by atoms with Gasteiger partial charge in [-0.05, 0) is 73.5 Å². The fourth-order valence-electron chi connectivity index (χ4n) is 2.96. The van der Waals surface area contributed by atoms with Crippen LogP contribution in [0.3, 0.4) is 0 Å². The molecule has 0 spiro atoms. The van der Waals surface area contributed by atoms with Gasteiger partial charge in [-0.2, -0.15) is 0 Å². The van der Waals surface area contributed by atoms with Gasteiger partial charge in [0.15, 0.2) is 5.76 Å². The third-order valence-electron chi connectivity index (χ3n) is 4.49. The molecule has 4 nitrogen and oxygen atoms in total. The van der Waals surface area contributed by atoms with Crippen LogP contribution in [0.5, 0.6) is 0 Å². The second-order valence-electron chi connectivity index (χ2n) is 6.52. The fraction of sp³-hybridized carbons (Fsp3) is 0.0909. The number of hydrogen-bond acceptors (Lipinski definition) is 3. The summed E-state index contributed by atoms with van der Waals surface area (Å²) in [5, 5.41) is 8.50. The molecule has 0 radical (unpaired) electrons. The van der Waals surface area contributed by atoms with Crippen molar-refractivity contribution >= 4 is 34.1 Å². The van der Waals surface area contributed by atoms with Crippen LogP contribution in [-0.4, -0.2) is 11.1 Å². The third-order valence-corrected chi connectivity index (χ3v) is 4.74. The minimum absolute atomic E-state index is 0.172. The zero-order valence-electron chi connectivity index (χ0n) is 14.9. The van der Waals surface area contributed by atoms with E-state index in [4.69, 9.17) is 16.1 Å². The Bertz CT molecular complexity index is 1150. The van der Waals surface area contributed by atoms with Crippen molar-refractivity contribution in [1.29, 1.82) is 0 Å². The molecule has 1 heterocycles. The minimum atomic E-state index is -0.172. The lowest BCUT2D eigenvalue weighted by Crippen LogP contribution is -2.12. The number of rotatable bonds is 3. The number of benzene rings is 3. The van der Waals surface area contributed by atoms with E-state index in [9.17, 15) is 4.79 Å². The molecule has 0 fully saturated rings. The van der Waals surface area contributed by atoms with Gasteiger partial charge in [0.25, 0.3) is 5.91 Å². The monoisotopic (exact) mass is 376 g/mol. The highest BCUT2D eigenvalue weighted by Gasteiger charge is 2.15. The molecule has 0 unspecified atom stereocenters. The number of anilines is 1.